The van der Waals surface area contributed by atoms with Crippen molar-refractivity contribution in [2.45, 2.75) is 55.1 Å². The van der Waals surface area contributed by atoms with Crippen molar-refractivity contribution in [2.75, 3.05) is 19.8 Å². The van der Waals surface area contributed by atoms with Crippen LogP contribution in [0.5, 0.6) is 0 Å². The molecule has 1 heterocycles. The van der Waals surface area contributed by atoms with Crippen molar-refractivity contribution >= 4 is 21.8 Å². The summed E-state index contributed by atoms with van der Waals surface area (Å²) in [6, 6.07) is 12.2. The molecule has 2 aromatic carbocycles. The van der Waals surface area contributed by atoms with Crippen LogP contribution in [0.4, 0.5) is 0 Å². The van der Waals surface area contributed by atoms with Crippen LogP contribution in [0.2, 0.25) is 0 Å². The lowest BCUT2D eigenvalue weighted by molar-refractivity contribution is 0.0784. The first-order valence-electron chi connectivity index (χ1n) is 9.63. The van der Waals surface area contributed by atoms with Crippen LogP contribution >= 0.6 is 11.8 Å². The van der Waals surface area contributed by atoms with Crippen molar-refractivity contribution in [2.24, 2.45) is 0 Å². The van der Waals surface area contributed by atoms with Crippen LogP contribution in [0.15, 0.2) is 46.2 Å². The molecule has 152 valence electrons. The fourth-order valence-corrected chi connectivity index (χ4v) is 6.82. The van der Waals surface area contributed by atoms with Gasteiger partial charge in [0.25, 0.3) is 0 Å². The molecule has 2 aromatic rings. The highest BCUT2D eigenvalue weighted by atomic mass is 32.2. The molecule has 3 rings (SSSR count). The number of hydrogen-bond acceptors (Lipinski definition) is 4. The highest BCUT2D eigenvalue weighted by Crippen LogP contribution is 2.40. The van der Waals surface area contributed by atoms with Crippen molar-refractivity contribution in [1.29, 1.82) is 0 Å². The Morgan fingerprint density at radius 3 is 2.14 bits per heavy atom. The Morgan fingerprint density at radius 2 is 1.57 bits per heavy atom. The van der Waals surface area contributed by atoms with Crippen molar-refractivity contribution in [3.63, 3.8) is 0 Å². The molecule has 0 aromatic heterocycles. The monoisotopic (exact) mass is 419 g/mol. The smallest absolute Gasteiger partial charge is 0.241 e. The molecule has 1 fully saturated rings. The van der Waals surface area contributed by atoms with Gasteiger partial charge in [0.05, 0.1) is 4.90 Å². The first-order valence-corrected chi connectivity index (χ1v) is 11.9. The molecule has 1 aliphatic heterocycles. The van der Waals surface area contributed by atoms with Gasteiger partial charge in [0.15, 0.2) is 0 Å². The lowest BCUT2D eigenvalue weighted by Crippen LogP contribution is -2.44. The Kier molecular flexibility index (Phi) is 6.54. The Morgan fingerprint density at radius 1 is 1.00 bits per heavy atom. The molecule has 0 atom stereocenters. The third-order valence-electron chi connectivity index (χ3n) is 5.63. The normalized spacial score (nSPS) is 16.9. The number of thioether (sulfide) groups is 1. The van der Waals surface area contributed by atoms with Gasteiger partial charge in [-0.1, -0.05) is 24.3 Å². The maximum absolute atomic E-state index is 13.3. The van der Waals surface area contributed by atoms with Gasteiger partial charge in [0.1, 0.15) is 0 Å². The predicted octanol–water partition coefficient (Wildman–Crippen LogP) is 4.54. The van der Waals surface area contributed by atoms with Gasteiger partial charge in [-0.25, -0.2) is 13.1 Å². The SMILES string of the molecule is Cc1cc(C)c(C)c(S(=O)(=O)NCC2(Sc3ccccc3)CCOCC2)c1C. The standard InChI is InChI=1S/C22H29NO3S2/c1-16-14-17(2)19(4)21(18(16)3)28(24,25)23-15-22(10-12-26-13-11-22)27-20-8-6-5-7-9-20/h5-9,14,23H,10-13,15H2,1-4H3. The summed E-state index contributed by atoms with van der Waals surface area (Å²) in [4.78, 5) is 1.58. The largest absolute Gasteiger partial charge is 0.381 e. The maximum atomic E-state index is 13.3. The van der Waals surface area contributed by atoms with Gasteiger partial charge in [-0.15, -0.1) is 11.8 Å². The van der Waals surface area contributed by atoms with Crippen LogP contribution in [0, 0.1) is 27.7 Å². The van der Waals surface area contributed by atoms with Gasteiger partial charge < -0.3 is 4.74 Å². The fourth-order valence-electron chi connectivity index (χ4n) is 3.68. The summed E-state index contributed by atoms with van der Waals surface area (Å²) in [5.41, 5.74) is 3.66. The number of ether oxygens (including phenoxy) is 1. The second-order valence-corrected chi connectivity index (χ2v) is 10.9. The van der Waals surface area contributed by atoms with Gasteiger partial charge in [0, 0.05) is 29.4 Å². The summed E-state index contributed by atoms with van der Waals surface area (Å²) in [6.45, 7) is 9.41. The number of benzene rings is 2. The van der Waals surface area contributed by atoms with E-state index < -0.39 is 10.0 Å². The zero-order valence-electron chi connectivity index (χ0n) is 17.0. The van der Waals surface area contributed by atoms with E-state index in [4.69, 9.17) is 4.74 Å². The van der Waals surface area contributed by atoms with Gasteiger partial charge in [-0.3, -0.25) is 0 Å². The number of aryl methyl sites for hydroxylation is 2. The molecule has 28 heavy (non-hydrogen) atoms. The molecule has 1 aliphatic rings. The quantitative estimate of drug-likeness (QED) is 0.747. The fraction of sp³-hybridized carbons (Fsp3) is 0.455. The molecule has 0 bridgehead atoms. The molecule has 0 amide bonds. The third-order valence-corrected chi connectivity index (χ3v) is 8.80. The zero-order valence-corrected chi connectivity index (χ0v) is 18.7. The molecule has 0 aliphatic carbocycles. The average Bonchev–Trinajstić information content (AvgIpc) is 2.67. The third kappa shape index (κ3) is 4.62. The summed E-state index contributed by atoms with van der Waals surface area (Å²) < 4.78 is 34.8. The number of hydrogen-bond donors (Lipinski definition) is 1. The molecule has 0 saturated carbocycles. The lowest BCUT2D eigenvalue weighted by Gasteiger charge is -2.36. The van der Waals surface area contributed by atoms with E-state index in [9.17, 15) is 8.42 Å². The minimum absolute atomic E-state index is 0.201. The highest BCUT2D eigenvalue weighted by molar-refractivity contribution is 8.00. The minimum atomic E-state index is -3.60. The van der Waals surface area contributed by atoms with E-state index in [-0.39, 0.29) is 4.75 Å². The van der Waals surface area contributed by atoms with Gasteiger partial charge in [-0.2, -0.15) is 0 Å². The Bertz CT molecular complexity index is 908. The summed E-state index contributed by atoms with van der Waals surface area (Å²) >= 11 is 1.76. The Balaban J connectivity index is 1.87. The second-order valence-electron chi connectivity index (χ2n) is 7.62. The summed E-state index contributed by atoms with van der Waals surface area (Å²) in [5, 5.41) is 0. The van der Waals surface area contributed by atoms with E-state index in [1.54, 1.807) is 11.8 Å². The Hall–Kier alpha value is -1.34. The van der Waals surface area contributed by atoms with Gasteiger partial charge in [-0.05, 0) is 74.9 Å². The van der Waals surface area contributed by atoms with Crippen molar-refractivity contribution in [3.8, 4) is 0 Å². The number of rotatable bonds is 6. The molecule has 0 spiro atoms. The van der Waals surface area contributed by atoms with Crippen LogP contribution in [-0.2, 0) is 14.8 Å². The zero-order chi connectivity index (χ0) is 20.4. The molecule has 0 radical (unpaired) electrons. The molecule has 4 nitrogen and oxygen atoms in total. The maximum Gasteiger partial charge on any atom is 0.241 e. The molecule has 0 unspecified atom stereocenters. The molecule has 6 heteroatoms. The van der Waals surface area contributed by atoms with E-state index in [1.807, 2.05) is 45.9 Å². The van der Waals surface area contributed by atoms with Crippen LogP contribution in [-0.4, -0.2) is 32.9 Å². The molecule has 1 saturated heterocycles. The first kappa shape index (κ1) is 21.4. The first-order chi connectivity index (χ1) is 13.2. The molecule has 1 N–H and O–H groups in total. The topological polar surface area (TPSA) is 55.4 Å². The summed E-state index contributed by atoms with van der Waals surface area (Å²) in [7, 11) is -3.60. The van der Waals surface area contributed by atoms with E-state index in [0.717, 1.165) is 40.0 Å². The number of sulfonamides is 1. The minimum Gasteiger partial charge on any atom is -0.381 e. The van der Waals surface area contributed by atoms with Crippen molar-refractivity contribution in [3.05, 3.63) is 58.7 Å². The van der Waals surface area contributed by atoms with Gasteiger partial charge in [0.2, 0.25) is 10.0 Å². The molecular formula is C22H29NO3S2. The van der Waals surface area contributed by atoms with E-state index in [2.05, 4.69) is 22.9 Å². The van der Waals surface area contributed by atoms with Crippen LogP contribution < -0.4 is 4.72 Å². The Labute approximate surface area is 173 Å². The van der Waals surface area contributed by atoms with Crippen molar-refractivity contribution < 1.29 is 13.2 Å². The average molecular weight is 420 g/mol. The predicted molar refractivity (Wildman–Crippen MR) is 116 cm³/mol. The van der Waals surface area contributed by atoms with E-state index in [1.165, 1.54) is 0 Å². The van der Waals surface area contributed by atoms with E-state index in [0.29, 0.717) is 24.7 Å². The summed E-state index contributed by atoms with van der Waals surface area (Å²) in [6.07, 6.45) is 1.64. The second kappa shape index (κ2) is 8.57. The summed E-state index contributed by atoms with van der Waals surface area (Å²) in [5.74, 6) is 0. The molecular weight excluding hydrogens is 390 g/mol. The highest BCUT2D eigenvalue weighted by Gasteiger charge is 2.36. The van der Waals surface area contributed by atoms with Crippen molar-refractivity contribution in [1.82, 2.24) is 4.72 Å². The van der Waals surface area contributed by atoms with Crippen LogP contribution in [0.3, 0.4) is 0 Å². The van der Waals surface area contributed by atoms with E-state index >= 15 is 0 Å². The van der Waals surface area contributed by atoms with Gasteiger partial charge >= 0.3 is 0 Å². The van der Waals surface area contributed by atoms with Crippen LogP contribution in [0.25, 0.3) is 0 Å². The number of nitrogens with one attached hydrogen (secondary N) is 1. The van der Waals surface area contributed by atoms with Crippen LogP contribution in [0.1, 0.15) is 35.1 Å². The lowest BCUT2D eigenvalue weighted by atomic mass is 9.99.